The van der Waals surface area contributed by atoms with Crippen LogP contribution in [0.15, 0.2) is 36.9 Å². The van der Waals surface area contributed by atoms with Crippen molar-refractivity contribution in [2.24, 2.45) is 0 Å². The van der Waals surface area contributed by atoms with Crippen molar-refractivity contribution in [3.63, 3.8) is 0 Å². The molecule has 1 heterocycles. The summed E-state index contributed by atoms with van der Waals surface area (Å²) in [6.07, 6.45) is 1.53. The molecular formula is C13H13FN2O3. The van der Waals surface area contributed by atoms with Gasteiger partial charge in [-0.2, -0.15) is 0 Å². The summed E-state index contributed by atoms with van der Waals surface area (Å²) in [4.78, 5) is 23.3. The van der Waals surface area contributed by atoms with E-state index >= 15 is 0 Å². The molecule has 1 atom stereocenters. The van der Waals surface area contributed by atoms with Crippen molar-refractivity contribution in [2.45, 2.75) is 5.54 Å². The summed E-state index contributed by atoms with van der Waals surface area (Å²) in [5, 5.41) is 4.69. The molecule has 2 N–H and O–H groups in total. The van der Waals surface area contributed by atoms with Crippen LogP contribution in [0, 0.1) is 5.82 Å². The first kappa shape index (κ1) is 13.2. The van der Waals surface area contributed by atoms with E-state index in [4.69, 9.17) is 4.74 Å². The fourth-order valence-corrected chi connectivity index (χ4v) is 1.91. The van der Waals surface area contributed by atoms with E-state index in [0.29, 0.717) is 5.56 Å². The molecule has 1 aromatic carbocycles. The molecular weight excluding hydrogens is 251 g/mol. The Bertz CT molecular complexity index is 515. The van der Waals surface area contributed by atoms with Crippen LogP contribution in [0.5, 0.6) is 0 Å². The number of rotatable bonds is 5. The summed E-state index contributed by atoms with van der Waals surface area (Å²) in [6.45, 7) is 3.69. The van der Waals surface area contributed by atoms with Crippen molar-refractivity contribution < 1.29 is 18.7 Å². The third-order valence-electron chi connectivity index (χ3n) is 2.83. The third-order valence-corrected chi connectivity index (χ3v) is 2.83. The summed E-state index contributed by atoms with van der Waals surface area (Å²) in [7, 11) is 0. The minimum absolute atomic E-state index is 0.0533. The van der Waals surface area contributed by atoms with Crippen molar-refractivity contribution in [3.05, 3.63) is 48.3 Å². The van der Waals surface area contributed by atoms with E-state index in [1.54, 1.807) is 0 Å². The van der Waals surface area contributed by atoms with Gasteiger partial charge in [-0.15, -0.1) is 6.58 Å². The third kappa shape index (κ3) is 2.48. The Morgan fingerprint density at radius 1 is 1.32 bits per heavy atom. The van der Waals surface area contributed by atoms with Crippen LogP contribution in [-0.2, 0) is 15.1 Å². The molecule has 0 aromatic heterocycles. The Morgan fingerprint density at radius 2 is 2.00 bits per heavy atom. The Morgan fingerprint density at radius 3 is 2.53 bits per heavy atom. The van der Waals surface area contributed by atoms with Crippen LogP contribution in [0.3, 0.4) is 0 Å². The molecule has 0 aliphatic carbocycles. The van der Waals surface area contributed by atoms with Gasteiger partial charge in [0.1, 0.15) is 5.82 Å². The molecule has 1 aromatic rings. The first-order chi connectivity index (χ1) is 9.08. The molecule has 0 radical (unpaired) electrons. The maximum absolute atomic E-state index is 12.9. The first-order valence-electron chi connectivity index (χ1n) is 5.67. The quantitative estimate of drug-likeness (QED) is 0.475. The molecule has 5 nitrogen and oxygen atoms in total. The number of imide groups is 1. The molecule has 6 heteroatoms. The lowest BCUT2D eigenvalue weighted by molar-refractivity contribution is -0.126. The standard InChI is InChI=1S/C13H13FN2O3/c1-2-7-19-8-13(11(17)15-12(18)16-13)9-3-5-10(14)6-4-9/h2-6H,1,7-8H2,(H2,15,16,17,18). The normalized spacial score (nSPS) is 21.9. The van der Waals surface area contributed by atoms with Crippen molar-refractivity contribution >= 4 is 11.9 Å². The molecule has 3 amide bonds. The summed E-state index contributed by atoms with van der Waals surface area (Å²) in [5.41, 5.74) is -0.866. The predicted molar refractivity (Wildman–Crippen MR) is 65.8 cm³/mol. The highest BCUT2D eigenvalue weighted by Crippen LogP contribution is 2.25. The molecule has 1 fully saturated rings. The fraction of sp³-hybridized carbons (Fsp3) is 0.231. The number of hydrogen-bond donors (Lipinski definition) is 2. The van der Waals surface area contributed by atoms with Crippen LogP contribution in [0.25, 0.3) is 0 Å². The van der Waals surface area contributed by atoms with E-state index in [-0.39, 0.29) is 13.2 Å². The molecule has 1 saturated heterocycles. The lowest BCUT2D eigenvalue weighted by Crippen LogP contribution is -2.48. The van der Waals surface area contributed by atoms with E-state index in [2.05, 4.69) is 17.2 Å². The monoisotopic (exact) mass is 264 g/mol. The van der Waals surface area contributed by atoms with Gasteiger partial charge >= 0.3 is 6.03 Å². The van der Waals surface area contributed by atoms with Gasteiger partial charge in [-0.25, -0.2) is 9.18 Å². The first-order valence-corrected chi connectivity index (χ1v) is 5.67. The van der Waals surface area contributed by atoms with Gasteiger partial charge in [0.05, 0.1) is 13.2 Å². The molecule has 100 valence electrons. The summed E-state index contributed by atoms with van der Waals surface area (Å²) < 4.78 is 18.2. The molecule has 19 heavy (non-hydrogen) atoms. The highest BCUT2D eigenvalue weighted by molar-refractivity contribution is 6.07. The predicted octanol–water partition coefficient (Wildman–Crippen LogP) is 1.06. The number of carbonyl (C=O) groups excluding carboxylic acids is 2. The van der Waals surface area contributed by atoms with Crippen LogP contribution in [0.2, 0.25) is 0 Å². The maximum atomic E-state index is 12.9. The van der Waals surface area contributed by atoms with Gasteiger partial charge < -0.3 is 10.1 Å². The van der Waals surface area contributed by atoms with E-state index in [9.17, 15) is 14.0 Å². The van der Waals surface area contributed by atoms with Gasteiger partial charge in [-0.1, -0.05) is 18.2 Å². The van der Waals surface area contributed by atoms with Crippen LogP contribution >= 0.6 is 0 Å². The van der Waals surface area contributed by atoms with Crippen molar-refractivity contribution in [1.29, 1.82) is 0 Å². The molecule has 1 aliphatic heterocycles. The SMILES string of the molecule is C=CCOCC1(c2ccc(F)cc2)NC(=O)NC1=O. The maximum Gasteiger partial charge on any atom is 0.322 e. The molecule has 1 unspecified atom stereocenters. The number of benzene rings is 1. The number of ether oxygens (including phenoxy) is 1. The molecule has 0 spiro atoms. The lowest BCUT2D eigenvalue weighted by Gasteiger charge is -2.26. The van der Waals surface area contributed by atoms with Gasteiger partial charge in [0.25, 0.3) is 5.91 Å². The van der Waals surface area contributed by atoms with Crippen molar-refractivity contribution in [3.8, 4) is 0 Å². The van der Waals surface area contributed by atoms with E-state index in [1.165, 1.54) is 30.3 Å². The number of amides is 3. The number of urea groups is 1. The number of carbonyl (C=O) groups is 2. The highest BCUT2D eigenvalue weighted by Gasteiger charge is 2.48. The number of hydrogen-bond acceptors (Lipinski definition) is 3. The Kier molecular flexibility index (Phi) is 3.62. The topological polar surface area (TPSA) is 67.4 Å². The molecule has 0 saturated carbocycles. The Balaban J connectivity index is 2.33. The lowest BCUT2D eigenvalue weighted by atomic mass is 9.91. The van der Waals surface area contributed by atoms with E-state index in [0.717, 1.165) is 0 Å². The fourth-order valence-electron chi connectivity index (χ4n) is 1.91. The van der Waals surface area contributed by atoms with Crippen LogP contribution in [-0.4, -0.2) is 25.2 Å². The number of halogens is 1. The van der Waals surface area contributed by atoms with Gasteiger partial charge in [0, 0.05) is 0 Å². The second kappa shape index (κ2) is 5.19. The smallest absolute Gasteiger partial charge is 0.322 e. The van der Waals surface area contributed by atoms with Crippen LogP contribution in [0.4, 0.5) is 9.18 Å². The van der Waals surface area contributed by atoms with Crippen molar-refractivity contribution in [2.75, 3.05) is 13.2 Å². The van der Waals surface area contributed by atoms with Crippen LogP contribution < -0.4 is 10.6 Å². The average Bonchev–Trinajstić information content (AvgIpc) is 2.66. The average molecular weight is 264 g/mol. The highest BCUT2D eigenvalue weighted by atomic mass is 19.1. The van der Waals surface area contributed by atoms with Gasteiger partial charge in [-0.3, -0.25) is 10.1 Å². The van der Waals surface area contributed by atoms with Crippen LogP contribution in [0.1, 0.15) is 5.56 Å². The summed E-state index contributed by atoms with van der Waals surface area (Å²) in [6, 6.07) is 4.73. The van der Waals surface area contributed by atoms with Gasteiger partial charge in [0.2, 0.25) is 0 Å². The Hall–Kier alpha value is -2.21. The zero-order valence-electron chi connectivity index (χ0n) is 10.1. The minimum Gasteiger partial charge on any atom is -0.374 e. The summed E-state index contributed by atoms with van der Waals surface area (Å²) >= 11 is 0. The second-order valence-electron chi connectivity index (χ2n) is 4.12. The largest absolute Gasteiger partial charge is 0.374 e. The van der Waals surface area contributed by atoms with Gasteiger partial charge in [-0.05, 0) is 17.7 Å². The molecule has 0 bridgehead atoms. The minimum atomic E-state index is -1.33. The van der Waals surface area contributed by atoms with Crippen molar-refractivity contribution in [1.82, 2.24) is 10.6 Å². The zero-order valence-corrected chi connectivity index (χ0v) is 10.1. The van der Waals surface area contributed by atoms with E-state index in [1.807, 2.05) is 0 Å². The summed E-state index contributed by atoms with van der Waals surface area (Å²) in [5.74, 6) is -0.941. The van der Waals surface area contributed by atoms with Gasteiger partial charge in [0.15, 0.2) is 5.54 Å². The second-order valence-corrected chi connectivity index (χ2v) is 4.12. The zero-order chi connectivity index (χ0) is 13.9. The molecule has 1 aliphatic rings. The number of nitrogens with one attached hydrogen (secondary N) is 2. The molecule has 2 rings (SSSR count). The van der Waals surface area contributed by atoms with E-state index < -0.39 is 23.3 Å². The Labute approximate surface area is 109 Å².